The number of carbonyl (C=O) groups is 1. The van der Waals surface area contributed by atoms with Crippen LogP contribution in [0.5, 0.6) is 0 Å². The van der Waals surface area contributed by atoms with Crippen LogP contribution in [0.4, 0.5) is 4.39 Å². The molecule has 0 amide bonds. The van der Waals surface area contributed by atoms with Gasteiger partial charge >= 0.3 is 5.97 Å². The van der Waals surface area contributed by atoms with Crippen LogP contribution >= 0.6 is 12.6 Å². The van der Waals surface area contributed by atoms with Gasteiger partial charge in [0, 0.05) is 18.4 Å². The van der Waals surface area contributed by atoms with Crippen LogP contribution in [0.3, 0.4) is 0 Å². The van der Waals surface area contributed by atoms with Crippen molar-refractivity contribution in [3.63, 3.8) is 0 Å². The first-order chi connectivity index (χ1) is 9.03. The molecule has 2 unspecified atom stereocenters. The smallest absolute Gasteiger partial charge is 0.319 e. The molecule has 1 aliphatic rings. The monoisotopic (exact) mass is 284 g/mol. The van der Waals surface area contributed by atoms with E-state index < -0.39 is 10.9 Å². The number of hydrogen-bond donors (Lipinski definition) is 2. The molecule has 5 heteroatoms. The second kappa shape index (κ2) is 5.92. The van der Waals surface area contributed by atoms with Crippen LogP contribution < -0.4 is 5.32 Å². The molecule has 0 saturated carbocycles. The summed E-state index contributed by atoms with van der Waals surface area (Å²) in [5, 5.41) is 1.67. The molecular weight excluding hydrogens is 265 g/mol. The zero-order chi connectivity index (χ0) is 13.9. The normalized spacial score (nSPS) is 24.8. The highest BCUT2D eigenvalue weighted by molar-refractivity contribution is 7.81. The fraction of sp³-hybridized carbons (Fsp3) is 0.500. The highest BCUT2D eigenvalue weighted by atomic mass is 32.1. The van der Waals surface area contributed by atoms with E-state index in [1.807, 2.05) is 0 Å². The standard InChI is InChI=1S/C14H18FNO2S/c1-10(19)13(17)18-14(7-2-8-16-9-14)11-3-5-12(15)6-4-11/h3-6,10,16,19H,2,7-9H2,1H3/p+1. The van der Waals surface area contributed by atoms with E-state index in [9.17, 15) is 9.18 Å². The lowest BCUT2D eigenvalue weighted by atomic mass is 9.86. The molecule has 0 aromatic heterocycles. The fourth-order valence-corrected chi connectivity index (χ4v) is 2.47. The number of thiol groups is 1. The molecule has 2 N–H and O–H groups in total. The van der Waals surface area contributed by atoms with Crippen molar-refractivity contribution in [2.24, 2.45) is 0 Å². The van der Waals surface area contributed by atoms with Crippen molar-refractivity contribution in [2.75, 3.05) is 13.1 Å². The van der Waals surface area contributed by atoms with Gasteiger partial charge in [0.1, 0.15) is 12.4 Å². The van der Waals surface area contributed by atoms with Gasteiger partial charge in [-0.3, -0.25) is 4.79 Å². The predicted molar refractivity (Wildman–Crippen MR) is 73.5 cm³/mol. The van der Waals surface area contributed by atoms with Gasteiger partial charge in [-0.2, -0.15) is 12.6 Å². The molecule has 1 aromatic carbocycles. The van der Waals surface area contributed by atoms with E-state index in [1.165, 1.54) is 12.1 Å². The molecule has 0 bridgehead atoms. The Hall–Kier alpha value is -1.07. The Bertz CT molecular complexity index is 441. The number of esters is 1. The summed E-state index contributed by atoms with van der Waals surface area (Å²) in [4.78, 5) is 11.9. The van der Waals surface area contributed by atoms with Crippen LogP contribution in [0, 0.1) is 5.82 Å². The zero-order valence-corrected chi connectivity index (χ0v) is 11.8. The molecule has 2 rings (SSSR count). The molecule has 19 heavy (non-hydrogen) atoms. The second-order valence-electron chi connectivity index (χ2n) is 4.98. The van der Waals surface area contributed by atoms with Crippen molar-refractivity contribution < 1.29 is 19.2 Å². The Morgan fingerprint density at radius 3 is 2.68 bits per heavy atom. The largest absolute Gasteiger partial charge is 0.447 e. The third kappa shape index (κ3) is 3.28. The third-order valence-electron chi connectivity index (χ3n) is 3.47. The molecule has 1 aromatic rings. The van der Waals surface area contributed by atoms with Crippen molar-refractivity contribution in [2.45, 2.75) is 30.6 Å². The minimum Gasteiger partial charge on any atom is -0.447 e. The first-order valence-corrected chi connectivity index (χ1v) is 7.04. The summed E-state index contributed by atoms with van der Waals surface area (Å²) in [7, 11) is 0. The third-order valence-corrected chi connectivity index (χ3v) is 3.68. The highest BCUT2D eigenvalue weighted by Gasteiger charge is 2.41. The minimum absolute atomic E-state index is 0.285. The first kappa shape index (κ1) is 14.3. The van der Waals surface area contributed by atoms with Gasteiger partial charge in [-0.25, -0.2) is 4.39 Å². The maximum Gasteiger partial charge on any atom is 0.319 e. The summed E-state index contributed by atoms with van der Waals surface area (Å²) >= 11 is 4.11. The Kier molecular flexibility index (Phi) is 4.47. The summed E-state index contributed by atoms with van der Waals surface area (Å²) in [5.74, 6) is -0.615. The van der Waals surface area contributed by atoms with Crippen LogP contribution in [-0.2, 0) is 15.1 Å². The fourth-order valence-electron chi connectivity index (χ4n) is 2.41. The summed E-state index contributed by atoms with van der Waals surface area (Å²) in [6.45, 7) is 3.39. The lowest BCUT2D eigenvalue weighted by Gasteiger charge is -2.35. The first-order valence-electron chi connectivity index (χ1n) is 6.52. The molecule has 1 heterocycles. The summed E-state index contributed by atoms with van der Waals surface area (Å²) < 4.78 is 18.7. The Morgan fingerprint density at radius 1 is 1.47 bits per heavy atom. The van der Waals surface area contributed by atoms with E-state index in [4.69, 9.17) is 4.74 Å². The minimum atomic E-state index is -0.653. The molecule has 0 spiro atoms. The Balaban J connectivity index is 2.28. The number of piperidine rings is 1. The maximum absolute atomic E-state index is 13.0. The van der Waals surface area contributed by atoms with E-state index in [1.54, 1.807) is 19.1 Å². The van der Waals surface area contributed by atoms with Crippen molar-refractivity contribution >= 4 is 18.6 Å². The van der Waals surface area contributed by atoms with Gasteiger partial charge in [0.2, 0.25) is 0 Å². The van der Waals surface area contributed by atoms with Crippen molar-refractivity contribution in [3.8, 4) is 0 Å². The molecular formula is C14H19FNO2S+. The van der Waals surface area contributed by atoms with Crippen LogP contribution in [0.1, 0.15) is 25.3 Å². The van der Waals surface area contributed by atoms with Gasteiger partial charge in [0.15, 0.2) is 5.60 Å². The van der Waals surface area contributed by atoms with Crippen LogP contribution in [0.15, 0.2) is 24.3 Å². The lowest BCUT2D eigenvalue weighted by molar-refractivity contribution is -0.678. The van der Waals surface area contributed by atoms with Crippen LogP contribution in [-0.4, -0.2) is 24.3 Å². The molecule has 0 radical (unpaired) electrons. The van der Waals surface area contributed by atoms with Gasteiger partial charge in [0.25, 0.3) is 0 Å². The van der Waals surface area contributed by atoms with Gasteiger partial charge in [0.05, 0.1) is 11.8 Å². The Morgan fingerprint density at radius 2 is 2.16 bits per heavy atom. The number of halogens is 1. The van der Waals surface area contributed by atoms with E-state index >= 15 is 0 Å². The molecule has 1 aliphatic heterocycles. The average molecular weight is 284 g/mol. The van der Waals surface area contributed by atoms with E-state index in [2.05, 4.69) is 17.9 Å². The highest BCUT2D eigenvalue weighted by Crippen LogP contribution is 2.32. The number of hydrogen-bond acceptors (Lipinski definition) is 3. The topological polar surface area (TPSA) is 42.9 Å². The second-order valence-corrected chi connectivity index (χ2v) is 5.76. The number of nitrogens with two attached hydrogens (primary N) is 1. The lowest BCUT2D eigenvalue weighted by Crippen LogP contribution is -2.90. The summed E-state index contributed by atoms with van der Waals surface area (Å²) in [5.41, 5.74) is 0.201. The van der Waals surface area contributed by atoms with E-state index in [0.29, 0.717) is 6.54 Å². The number of rotatable bonds is 3. The van der Waals surface area contributed by atoms with Crippen LogP contribution in [0.25, 0.3) is 0 Å². The number of quaternary nitrogens is 1. The number of benzene rings is 1. The van der Waals surface area contributed by atoms with Gasteiger partial charge < -0.3 is 10.1 Å². The quantitative estimate of drug-likeness (QED) is 0.648. The average Bonchev–Trinajstić information content (AvgIpc) is 2.40. The van der Waals surface area contributed by atoms with Crippen LogP contribution in [0.2, 0.25) is 0 Å². The SMILES string of the molecule is CC(S)C(=O)OC1(c2ccc(F)cc2)CCC[NH2+]C1. The van der Waals surface area contributed by atoms with Gasteiger partial charge in [-0.15, -0.1) is 0 Å². The molecule has 3 nitrogen and oxygen atoms in total. The molecule has 104 valence electrons. The van der Waals surface area contributed by atoms with Crippen molar-refractivity contribution in [3.05, 3.63) is 35.6 Å². The van der Waals surface area contributed by atoms with Gasteiger partial charge in [-0.05, 0) is 19.1 Å². The van der Waals surface area contributed by atoms with Gasteiger partial charge in [-0.1, -0.05) is 12.1 Å². The summed E-state index contributed by atoms with van der Waals surface area (Å²) in [6.07, 6.45) is 1.73. The molecule has 0 aliphatic carbocycles. The van der Waals surface area contributed by atoms with Crippen molar-refractivity contribution in [1.82, 2.24) is 0 Å². The maximum atomic E-state index is 13.0. The van der Waals surface area contributed by atoms with Crippen molar-refractivity contribution in [1.29, 1.82) is 0 Å². The zero-order valence-electron chi connectivity index (χ0n) is 10.9. The van der Waals surface area contributed by atoms with E-state index in [0.717, 1.165) is 24.9 Å². The predicted octanol–water partition coefficient (Wildman–Crippen LogP) is 1.24. The summed E-state index contributed by atoms with van der Waals surface area (Å²) in [6, 6.07) is 6.21. The number of ether oxygens (including phenoxy) is 1. The van der Waals surface area contributed by atoms with E-state index in [-0.39, 0.29) is 11.8 Å². The molecule has 1 fully saturated rings. The molecule has 1 saturated heterocycles. The Labute approximate surface area is 117 Å². The molecule has 2 atom stereocenters. The number of carbonyl (C=O) groups excluding carboxylic acids is 1.